The summed E-state index contributed by atoms with van der Waals surface area (Å²) in [4.78, 5) is 15.7. The number of hydrogen-bond donors (Lipinski definition) is 0. The molecule has 0 radical (unpaired) electrons. The Morgan fingerprint density at radius 3 is 2.89 bits per heavy atom. The third-order valence-corrected chi connectivity index (χ3v) is 3.04. The third kappa shape index (κ3) is 2.53. The van der Waals surface area contributed by atoms with E-state index in [-0.39, 0.29) is 5.97 Å². The molecule has 2 rings (SSSR count). The zero-order valence-corrected chi connectivity index (χ0v) is 10.8. The summed E-state index contributed by atoms with van der Waals surface area (Å²) < 4.78 is 6.84. The fourth-order valence-electron chi connectivity index (χ4n) is 2.13. The molecular formula is C14H18N2O2. The number of fused-ring (bicyclic) bond motifs is 1. The van der Waals surface area contributed by atoms with Gasteiger partial charge < -0.3 is 9.30 Å². The zero-order valence-electron chi connectivity index (χ0n) is 10.8. The molecule has 0 fully saturated rings. The van der Waals surface area contributed by atoms with E-state index in [1.165, 1.54) is 7.11 Å². The van der Waals surface area contributed by atoms with Crippen LogP contribution in [0.1, 0.15) is 25.6 Å². The van der Waals surface area contributed by atoms with Gasteiger partial charge in [-0.2, -0.15) is 0 Å². The molecule has 0 saturated heterocycles. The highest BCUT2D eigenvalue weighted by atomic mass is 16.5. The number of carbonyl (C=O) groups is 1. The molecule has 0 aliphatic heterocycles. The Balaban J connectivity index is 2.18. The van der Waals surface area contributed by atoms with Gasteiger partial charge in [-0.25, -0.2) is 4.98 Å². The van der Waals surface area contributed by atoms with Crippen LogP contribution in [0.3, 0.4) is 0 Å². The summed E-state index contributed by atoms with van der Waals surface area (Å²) in [7, 11) is 1.42. The number of aryl methyl sites for hydroxylation is 2. The van der Waals surface area contributed by atoms with Crippen LogP contribution >= 0.6 is 0 Å². The van der Waals surface area contributed by atoms with Gasteiger partial charge in [0.15, 0.2) is 0 Å². The average molecular weight is 246 g/mol. The van der Waals surface area contributed by atoms with Crippen molar-refractivity contribution in [3.63, 3.8) is 0 Å². The maximum atomic E-state index is 11.1. The minimum Gasteiger partial charge on any atom is -0.469 e. The van der Waals surface area contributed by atoms with Crippen molar-refractivity contribution in [2.75, 3.05) is 7.11 Å². The Morgan fingerprint density at radius 2 is 2.17 bits per heavy atom. The molecule has 0 spiro atoms. The number of para-hydroxylation sites is 2. The van der Waals surface area contributed by atoms with Gasteiger partial charge in [-0.1, -0.05) is 19.1 Å². The second-order valence-electron chi connectivity index (χ2n) is 4.20. The lowest BCUT2D eigenvalue weighted by molar-refractivity contribution is -0.140. The minimum atomic E-state index is -0.155. The molecule has 0 bridgehead atoms. The molecule has 18 heavy (non-hydrogen) atoms. The standard InChI is InChI=1S/C14H18N2O2/c1-3-13-15-11-7-4-5-8-12(11)16(13)10-6-9-14(17)18-2/h4-5,7-8H,3,6,9-10H2,1-2H3. The number of benzene rings is 1. The van der Waals surface area contributed by atoms with Gasteiger partial charge in [0, 0.05) is 19.4 Å². The van der Waals surface area contributed by atoms with Gasteiger partial charge in [0.25, 0.3) is 0 Å². The summed E-state index contributed by atoms with van der Waals surface area (Å²) in [5.74, 6) is 0.915. The van der Waals surface area contributed by atoms with Crippen LogP contribution in [0.5, 0.6) is 0 Å². The normalized spacial score (nSPS) is 10.8. The molecule has 0 aliphatic carbocycles. The van der Waals surface area contributed by atoms with Crippen molar-refractivity contribution in [1.29, 1.82) is 0 Å². The molecule has 0 aliphatic rings. The molecule has 96 valence electrons. The molecule has 1 aromatic carbocycles. The molecule has 0 amide bonds. The van der Waals surface area contributed by atoms with E-state index in [4.69, 9.17) is 0 Å². The maximum absolute atomic E-state index is 11.1. The quantitative estimate of drug-likeness (QED) is 0.761. The van der Waals surface area contributed by atoms with E-state index in [9.17, 15) is 4.79 Å². The van der Waals surface area contributed by atoms with Crippen molar-refractivity contribution in [3.8, 4) is 0 Å². The number of rotatable bonds is 5. The van der Waals surface area contributed by atoms with Crippen LogP contribution in [0.4, 0.5) is 0 Å². The molecular weight excluding hydrogens is 228 g/mol. The van der Waals surface area contributed by atoms with E-state index in [0.29, 0.717) is 6.42 Å². The number of esters is 1. The van der Waals surface area contributed by atoms with Crippen molar-refractivity contribution < 1.29 is 9.53 Å². The van der Waals surface area contributed by atoms with Gasteiger partial charge in [-0.05, 0) is 18.6 Å². The first-order valence-electron chi connectivity index (χ1n) is 6.27. The van der Waals surface area contributed by atoms with Crippen LogP contribution in [-0.2, 0) is 22.5 Å². The van der Waals surface area contributed by atoms with Crippen LogP contribution < -0.4 is 0 Å². The molecule has 1 heterocycles. The van der Waals surface area contributed by atoms with Crippen molar-refractivity contribution in [2.45, 2.75) is 32.7 Å². The predicted octanol–water partition coefficient (Wildman–Crippen LogP) is 2.55. The highest BCUT2D eigenvalue weighted by molar-refractivity contribution is 5.76. The van der Waals surface area contributed by atoms with E-state index in [0.717, 1.165) is 36.2 Å². The number of ether oxygens (including phenoxy) is 1. The van der Waals surface area contributed by atoms with Crippen LogP contribution in [0, 0.1) is 0 Å². The maximum Gasteiger partial charge on any atom is 0.305 e. The molecule has 0 saturated carbocycles. The zero-order chi connectivity index (χ0) is 13.0. The van der Waals surface area contributed by atoms with Crippen LogP contribution in [0.25, 0.3) is 11.0 Å². The van der Waals surface area contributed by atoms with Crippen LogP contribution in [-0.4, -0.2) is 22.6 Å². The van der Waals surface area contributed by atoms with Crippen LogP contribution in [0.15, 0.2) is 24.3 Å². The summed E-state index contributed by atoms with van der Waals surface area (Å²) >= 11 is 0. The number of nitrogens with zero attached hydrogens (tertiary/aromatic N) is 2. The number of carbonyl (C=O) groups excluding carboxylic acids is 1. The lowest BCUT2D eigenvalue weighted by Crippen LogP contribution is -2.06. The van der Waals surface area contributed by atoms with Crippen molar-refractivity contribution in [3.05, 3.63) is 30.1 Å². The molecule has 1 aromatic heterocycles. The molecule has 4 heteroatoms. The average Bonchev–Trinajstić information content (AvgIpc) is 2.77. The second kappa shape index (κ2) is 5.67. The van der Waals surface area contributed by atoms with Gasteiger partial charge in [0.05, 0.1) is 18.1 Å². The number of aromatic nitrogens is 2. The predicted molar refractivity (Wildman–Crippen MR) is 70.4 cm³/mol. The molecule has 2 aromatic rings. The topological polar surface area (TPSA) is 44.1 Å². The summed E-state index contributed by atoms with van der Waals surface area (Å²) in [6.45, 7) is 2.90. The van der Waals surface area contributed by atoms with Gasteiger partial charge >= 0.3 is 5.97 Å². The number of methoxy groups -OCH3 is 1. The minimum absolute atomic E-state index is 0.155. The Morgan fingerprint density at radius 1 is 1.39 bits per heavy atom. The lowest BCUT2D eigenvalue weighted by Gasteiger charge is -2.07. The summed E-state index contributed by atoms with van der Waals surface area (Å²) in [5.41, 5.74) is 2.16. The SMILES string of the molecule is CCc1nc2ccccc2n1CCCC(=O)OC. The second-order valence-corrected chi connectivity index (χ2v) is 4.20. The Kier molecular flexibility index (Phi) is 3.97. The lowest BCUT2D eigenvalue weighted by atomic mass is 10.3. The van der Waals surface area contributed by atoms with E-state index >= 15 is 0 Å². The Labute approximate surface area is 107 Å². The first-order chi connectivity index (χ1) is 8.76. The van der Waals surface area contributed by atoms with Gasteiger partial charge in [0.2, 0.25) is 0 Å². The molecule has 0 unspecified atom stereocenters. The van der Waals surface area contributed by atoms with E-state index in [1.807, 2.05) is 18.2 Å². The highest BCUT2D eigenvalue weighted by Gasteiger charge is 2.09. The fraction of sp³-hybridized carbons (Fsp3) is 0.429. The summed E-state index contributed by atoms with van der Waals surface area (Å²) in [6, 6.07) is 8.10. The van der Waals surface area contributed by atoms with Crippen molar-refractivity contribution in [2.24, 2.45) is 0 Å². The van der Waals surface area contributed by atoms with Crippen molar-refractivity contribution >= 4 is 17.0 Å². The highest BCUT2D eigenvalue weighted by Crippen LogP contribution is 2.17. The van der Waals surface area contributed by atoms with Gasteiger partial charge in [-0.3, -0.25) is 4.79 Å². The molecule has 4 nitrogen and oxygen atoms in total. The Hall–Kier alpha value is -1.84. The molecule has 0 N–H and O–H groups in total. The third-order valence-electron chi connectivity index (χ3n) is 3.04. The summed E-state index contributed by atoms with van der Waals surface area (Å²) in [6.07, 6.45) is 2.12. The van der Waals surface area contributed by atoms with E-state index < -0.39 is 0 Å². The fourth-order valence-corrected chi connectivity index (χ4v) is 2.13. The molecule has 0 atom stereocenters. The Bertz CT molecular complexity index is 546. The number of imidazole rings is 1. The van der Waals surface area contributed by atoms with Crippen molar-refractivity contribution in [1.82, 2.24) is 9.55 Å². The largest absolute Gasteiger partial charge is 0.469 e. The first kappa shape index (κ1) is 12.6. The summed E-state index contributed by atoms with van der Waals surface area (Å²) in [5, 5.41) is 0. The van der Waals surface area contributed by atoms with Gasteiger partial charge in [0.1, 0.15) is 5.82 Å². The van der Waals surface area contributed by atoms with E-state index in [1.54, 1.807) is 0 Å². The monoisotopic (exact) mass is 246 g/mol. The smallest absolute Gasteiger partial charge is 0.305 e. The van der Waals surface area contributed by atoms with Crippen LogP contribution in [0.2, 0.25) is 0 Å². The van der Waals surface area contributed by atoms with Gasteiger partial charge in [-0.15, -0.1) is 0 Å². The first-order valence-corrected chi connectivity index (χ1v) is 6.27. The van der Waals surface area contributed by atoms with E-state index in [2.05, 4.69) is 27.3 Å². The number of hydrogen-bond acceptors (Lipinski definition) is 3.